The number of aryl methyl sites for hydroxylation is 1. The van der Waals surface area contributed by atoms with E-state index in [1.165, 1.54) is 36.2 Å². The van der Waals surface area contributed by atoms with Crippen molar-refractivity contribution >= 4 is 10.9 Å². The Morgan fingerprint density at radius 3 is 2.91 bits per heavy atom. The van der Waals surface area contributed by atoms with E-state index >= 15 is 0 Å². The summed E-state index contributed by atoms with van der Waals surface area (Å²) in [6.07, 6.45) is 6.24. The molecular weight excluding hydrogens is 284 g/mol. The van der Waals surface area contributed by atoms with Gasteiger partial charge in [0, 0.05) is 37.9 Å². The van der Waals surface area contributed by atoms with Crippen LogP contribution in [0.25, 0.3) is 10.9 Å². The van der Waals surface area contributed by atoms with Gasteiger partial charge in [0.05, 0.1) is 11.2 Å². The highest BCUT2D eigenvalue weighted by Gasteiger charge is 2.23. The Kier molecular flexibility index (Phi) is 3.83. The number of pyridine rings is 1. The predicted octanol–water partition coefficient (Wildman–Crippen LogP) is 3.03. The van der Waals surface area contributed by atoms with E-state index in [0.717, 1.165) is 24.4 Å². The monoisotopic (exact) mass is 306 g/mol. The van der Waals surface area contributed by atoms with Gasteiger partial charge in [-0.15, -0.1) is 0 Å². The first-order chi connectivity index (χ1) is 11.3. The molecule has 1 aliphatic heterocycles. The van der Waals surface area contributed by atoms with E-state index in [4.69, 9.17) is 0 Å². The van der Waals surface area contributed by atoms with Crippen molar-refractivity contribution in [1.29, 1.82) is 0 Å². The summed E-state index contributed by atoms with van der Waals surface area (Å²) in [5.74, 6) is 0.731. The van der Waals surface area contributed by atoms with E-state index in [1.54, 1.807) is 0 Å². The summed E-state index contributed by atoms with van der Waals surface area (Å²) >= 11 is 0. The Balaban J connectivity index is 1.45. The van der Waals surface area contributed by atoms with Gasteiger partial charge < -0.3 is 0 Å². The number of rotatable bonds is 4. The highest BCUT2D eigenvalue weighted by atomic mass is 15.3. The first kappa shape index (κ1) is 14.4. The maximum atomic E-state index is 4.47. The van der Waals surface area contributed by atoms with Crippen LogP contribution < -0.4 is 0 Å². The molecule has 0 spiro atoms. The van der Waals surface area contributed by atoms with Gasteiger partial charge in [0.25, 0.3) is 0 Å². The molecule has 1 aliphatic rings. The minimum Gasteiger partial charge on any atom is -0.297 e. The summed E-state index contributed by atoms with van der Waals surface area (Å²) in [6, 6.07) is 12.8. The highest BCUT2D eigenvalue weighted by Crippen LogP contribution is 2.25. The summed E-state index contributed by atoms with van der Waals surface area (Å²) in [7, 11) is 2.02. The van der Waals surface area contributed by atoms with E-state index in [0.29, 0.717) is 0 Å². The van der Waals surface area contributed by atoms with E-state index in [1.807, 2.05) is 24.1 Å². The van der Waals surface area contributed by atoms with Gasteiger partial charge in [-0.1, -0.05) is 18.2 Å². The standard InChI is InChI=1S/C19H22N4/c1-22-17(7-10-21-22)14-23-11-8-15(13-23)12-16-6-9-20-19-5-3-2-4-18(16)19/h2-7,9-10,15H,8,11-14H2,1H3. The van der Waals surface area contributed by atoms with Crippen molar-refractivity contribution in [3.8, 4) is 0 Å². The molecule has 23 heavy (non-hydrogen) atoms. The van der Waals surface area contributed by atoms with Crippen molar-refractivity contribution in [3.05, 3.63) is 60.0 Å². The van der Waals surface area contributed by atoms with Gasteiger partial charge >= 0.3 is 0 Å². The van der Waals surface area contributed by atoms with Crippen LogP contribution >= 0.6 is 0 Å². The SMILES string of the molecule is Cn1nccc1CN1CCC(Cc2ccnc3ccccc23)C1. The van der Waals surface area contributed by atoms with Crippen LogP contribution in [0.2, 0.25) is 0 Å². The lowest BCUT2D eigenvalue weighted by Crippen LogP contribution is -2.22. The summed E-state index contributed by atoms with van der Waals surface area (Å²) in [4.78, 5) is 7.02. The van der Waals surface area contributed by atoms with Gasteiger partial charge in [-0.3, -0.25) is 14.6 Å². The summed E-state index contributed by atoms with van der Waals surface area (Å²) < 4.78 is 1.98. The van der Waals surface area contributed by atoms with Crippen LogP contribution in [-0.4, -0.2) is 32.8 Å². The smallest absolute Gasteiger partial charge is 0.0704 e. The number of likely N-dealkylation sites (tertiary alicyclic amines) is 1. The third-order valence-corrected chi connectivity index (χ3v) is 4.93. The number of fused-ring (bicyclic) bond motifs is 1. The summed E-state index contributed by atoms with van der Waals surface area (Å²) in [6.45, 7) is 3.35. The third-order valence-electron chi connectivity index (χ3n) is 4.93. The molecule has 4 nitrogen and oxygen atoms in total. The molecule has 0 amide bonds. The van der Waals surface area contributed by atoms with Crippen LogP contribution in [0.4, 0.5) is 0 Å². The lowest BCUT2D eigenvalue weighted by molar-refractivity contribution is 0.307. The second-order valence-electron chi connectivity index (χ2n) is 6.53. The molecule has 0 radical (unpaired) electrons. The predicted molar refractivity (Wildman–Crippen MR) is 92.0 cm³/mol. The largest absolute Gasteiger partial charge is 0.297 e. The molecule has 1 fully saturated rings. The molecule has 2 aromatic heterocycles. The van der Waals surface area contributed by atoms with Crippen molar-refractivity contribution in [3.63, 3.8) is 0 Å². The van der Waals surface area contributed by atoms with E-state index in [-0.39, 0.29) is 0 Å². The molecule has 4 rings (SSSR count). The minimum atomic E-state index is 0.731. The normalized spacial score (nSPS) is 18.7. The van der Waals surface area contributed by atoms with Crippen molar-refractivity contribution in [2.75, 3.05) is 13.1 Å². The molecule has 0 N–H and O–H groups in total. The zero-order valence-corrected chi connectivity index (χ0v) is 13.5. The number of hydrogen-bond donors (Lipinski definition) is 0. The van der Waals surface area contributed by atoms with Crippen LogP contribution in [0.1, 0.15) is 17.7 Å². The van der Waals surface area contributed by atoms with Gasteiger partial charge in [-0.25, -0.2) is 0 Å². The third kappa shape index (κ3) is 2.99. The minimum absolute atomic E-state index is 0.731. The Bertz CT molecular complexity index is 802. The molecule has 1 saturated heterocycles. The van der Waals surface area contributed by atoms with Crippen LogP contribution in [0.3, 0.4) is 0 Å². The molecule has 1 atom stereocenters. The molecule has 0 bridgehead atoms. The van der Waals surface area contributed by atoms with Gasteiger partial charge in [0.1, 0.15) is 0 Å². The quantitative estimate of drug-likeness (QED) is 0.743. The molecule has 1 unspecified atom stereocenters. The van der Waals surface area contributed by atoms with Gasteiger partial charge in [0.2, 0.25) is 0 Å². The molecular formula is C19H22N4. The molecule has 118 valence electrons. The Hall–Kier alpha value is -2.20. The Labute approximate surface area is 136 Å². The molecule has 3 aromatic rings. The summed E-state index contributed by atoms with van der Waals surface area (Å²) in [5, 5.41) is 5.57. The Morgan fingerprint density at radius 1 is 1.13 bits per heavy atom. The highest BCUT2D eigenvalue weighted by molar-refractivity contribution is 5.81. The number of para-hydroxylation sites is 1. The topological polar surface area (TPSA) is 34.0 Å². The van der Waals surface area contributed by atoms with E-state index < -0.39 is 0 Å². The lowest BCUT2D eigenvalue weighted by atomic mass is 9.96. The molecule has 4 heteroatoms. The second kappa shape index (κ2) is 6.13. The van der Waals surface area contributed by atoms with Crippen LogP contribution in [-0.2, 0) is 20.0 Å². The zero-order chi connectivity index (χ0) is 15.6. The average molecular weight is 306 g/mol. The fourth-order valence-corrected chi connectivity index (χ4v) is 3.65. The fraction of sp³-hybridized carbons (Fsp3) is 0.368. The molecule has 3 heterocycles. The first-order valence-corrected chi connectivity index (χ1v) is 8.31. The Morgan fingerprint density at radius 2 is 2.04 bits per heavy atom. The van der Waals surface area contributed by atoms with E-state index in [2.05, 4.69) is 51.4 Å². The molecule has 0 aliphatic carbocycles. The van der Waals surface area contributed by atoms with Crippen molar-refractivity contribution in [1.82, 2.24) is 19.7 Å². The van der Waals surface area contributed by atoms with Crippen molar-refractivity contribution < 1.29 is 0 Å². The lowest BCUT2D eigenvalue weighted by Gasteiger charge is -2.16. The van der Waals surface area contributed by atoms with Crippen molar-refractivity contribution in [2.45, 2.75) is 19.4 Å². The fourth-order valence-electron chi connectivity index (χ4n) is 3.65. The number of nitrogens with zero attached hydrogens (tertiary/aromatic N) is 4. The molecule has 0 saturated carbocycles. The van der Waals surface area contributed by atoms with Crippen molar-refractivity contribution in [2.24, 2.45) is 13.0 Å². The number of aromatic nitrogens is 3. The van der Waals surface area contributed by atoms with Crippen LogP contribution in [0.15, 0.2) is 48.8 Å². The average Bonchev–Trinajstić information content (AvgIpc) is 3.18. The number of benzene rings is 1. The second-order valence-corrected chi connectivity index (χ2v) is 6.53. The first-order valence-electron chi connectivity index (χ1n) is 8.31. The number of hydrogen-bond acceptors (Lipinski definition) is 3. The maximum Gasteiger partial charge on any atom is 0.0704 e. The van der Waals surface area contributed by atoms with Gasteiger partial charge in [-0.05, 0) is 49.1 Å². The maximum absolute atomic E-state index is 4.47. The van der Waals surface area contributed by atoms with Gasteiger partial charge in [-0.2, -0.15) is 5.10 Å². The van der Waals surface area contributed by atoms with Crippen LogP contribution in [0.5, 0.6) is 0 Å². The molecule has 1 aromatic carbocycles. The zero-order valence-electron chi connectivity index (χ0n) is 13.5. The van der Waals surface area contributed by atoms with Crippen LogP contribution in [0, 0.1) is 5.92 Å². The summed E-state index contributed by atoms with van der Waals surface area (Å²) in [5.41, 5.74) is 3.83. The van der Waals surface area contributed by atoms with E-state index in [9.17, 15) is 0 Å². The van der Waals surface area contributed by atoms with Gasteiger partial charge in [0.15, 0.2) is 0 Å².